The molecule has 0 fully saturated rings. The first-order valence-electron chi connectivity index (χ1n) is 10.4. The highest BCUT2D eigenvalue weighted by atomic mass is 31.2. The number of hydrogen-bond donors (Lipinski definition) is 0. The Balaban J connectivity index is 1.73. The van der Waals surface area contributed by atoms with E-state index in [4.69, 9.17) is 4.74 Å². The second-order valence-corrected chi connectivity index (χ2v) is 11.1. The molecule has 0 unspecified atom stereocenters. The van der Waals surface area contributed by atoms with Crippen LogP contribution in [0.4, 0.5) is 20.3 Å². The Kier molecular flexibility index (Phi) is 6.47. The third kappa shape index (κ3) is 5.22. The van der Waals surface area contributed by atoms with E-state index < -0.39 is 13.8 Å². The summed E-state index contributed by atoms with van der Waals surface area (Å²) in [5.74, 6) is 0.738. The maximum absolute atomic E-state index is 12.5. The van der Waals surface area contributed by atoms with Gasteiger partial charge in [-0.05, 0) is 61.7 Å². The largest absolute Gasteiger partial charge is 0.464 e. The topological polar surface area (TPSA) is 64.6 Å². The zero-order valence-electron chi connectivity index (χ0n) is 18.5. The molecule has 2 heterocycles. The Morgan fingerprint density at radius 3 is 2.39 bits per heavy atom. The van der Waals surface area contributed by atoms with Gasteiger partial charge in [-0.2, -0.15) is 13.8 Å². The Morgan fingerprint density at radius 2 is 1.79 bits per heavy atom. The van der Waals surface area contributed by atoms with Gasteiger partial charge in [0, 0.05) is 22.8 Å². The van der Waals surface area contributed by atoms with Crippen LogP contribution in [0.5, 0.6) is 11.8 Å². The Morgan fingerprint density at radius 1 is 1.09 bits per heavy atom. The lowest BCUT2D eigenvalue weighted by molar-refractivity contribution is -0.0498. The van der Waals surface area contributed by atoms with E-state index in [1.165, 1.54) is 12.1 Å². The van der Waals surface area contributed by atoms with Crippen molar-refractivity contribution in [3.8, 4) is 11.8 Å². The van der Waals surface area contributed by atoms with Gasteiger partial charge in [-0.15, -0.1) is 0 Å². The molecule has 0 amide bonds. The predicted molar refractivity (Wildman–Crippen MR) is 127 cm³/mol. The quantitative estimate of drug-likeness (QED) is 0.429. The number of benzene rings is 2. The average Bonchev–Trinajstić information content (AvgIpc) is 2.78. The van der Waals surface area contributed by atoms with Crippen LogP contribution >= 0.6 is 7.14 Å². The molecule has 1 aliphatic rings. The van der Waals surface area contributed by atoms with Crippen molar-refractivity contribution in [3.05, 3.63) is 65.9 Å². The van der Waals surface area contributed by atoms with Crippen LogP contribution in [-0.2, 0) is 4.57 Å². The number of hydrogen-bond acceptors (Lipinski definition) is 6. The number of fused-ring (bicyclic) bond motifs is 1. The number of alkyl halides is 2. The summed E-state index contributed by atoms with van der Waals surface area (Å²) in [7, 11) is -2.35. The van der Waals surface area contributed by atoms with Crippen molar-refractivity contribution < 1.29 is 22.8 Å². The van der Waals surface area contributed by atoms with Gasteiger partial charge in [0.15, 0.2) is 0 Å². The Hall–Kier alpha value is -3.25. The molecule has 1 aliphatic heterocycles. The van der Waals surface area contributed by atoms with Crippen LogP contribution in [0.15, 0.2) is 54.7 Å². The van der Waals surface area contributed by atoms with Crippen molar-refractivity contribution in [3.63, 3.8) is 0 Å². The summed E-state index contributed by atoms with van der Waals surface area (Å²) in [4.78, 5) is 10.8. The maximum Gasteiger partial charge on any atom is 0.387 e. The first kappa shape index (κ1) is 22.9. The predicted octanol–water partition coefficient (Wildman–Crippen LogP) is 5.42. The number of anilines is 2. The van der Waals surface area contributed by atoms with Gasteiger partial charge < -0.3 is 18.9 Å². The van der Waals surface area contributed by atoms with Gasteiger partial charge in [-0.1, -0.05) is 24.3 Å². The normalized spacial score (nSPS) is 13.5. The van der Waals surface area contributed by atoms with Crippen LogP contribution in [0, 0.1) is 0 Å². The van der Waals surface area contributed by atoms with Gasteiger partial charge in [0.1, 0.15) is 18.7 Å². The summed E-state index contributed by atoms with van der Waals surface area (Å²) in [6, 6.07) is 14.4. The van der Waals surface area contributed by atoms with E-state index >= 15 is 0 Å². The smallest absolute Gasteiger partial charge is 0.387 e. The highest BCUT2D eigenvalue weighted by Crippen LogP contribution is 2.38. The van der Waals surface area contributed by atoms with Crippen LogP contribution in [0.1, 0.15) is 18.1 Å². The molecule has 6 nitrogen and oxygen atoms in total. The molecule has 172 valence electrons. The SMILES string of the molecule is CCOc1ncc2c(n1)N(c1ccc(OC(F)F)cc1)CC(c1ccc(P(C)(C)=O)cc1)=C2. The van der Waals surface area contributed by atoms with Gasteiger partial charge >= 0.3 is 12.6 Å². The molecule has 0 atom stereocenters. The van der Waals surface area contributed by atoms with Gasteiger partial charge in [-0.3, -0.25) is 0 Å². The van der Waals surface area contributed by atoms with Crippen molar-refractivity contribution >= 4 is 35.6 Å². The third-order valence-corrected chi connectivity index (χ3v) is 6.74. The lowest BCUT2D eigenvalue weighted by Crippen LogP contribution is -2.25. The van der Waals surface area contributed by atoms with Gasteiger partial charge in [0.2, 0.25) is 0 Å². The van der Waals surface area contributed by atoms with Crippen LogP contribution in [0.25, 0.3) is 11.6 Å². The molecule has 0 radical (unpaired) electrons. The van der Waals surface area contributed by atoms with E-state index in [1.54, 1.807) is 31.7 Å². The van der Waals surface area contributed by atoms with Gasteiger partial charge in [0.05, 0.1) is 13.2 Å². The minimum atomic E-state index is -2.88. The van der Waals surface area contributed by atoms with E-state index in [0.717, 1.165) is 27.7 Å². The van der Waals surface area contributed by atoms with Crippen LogP contribution in [0.2, 0.25) is 0 Å². The van der Waals surface area contributed by atoms with Gasteiger partial charge in [-0.25, -0.2) is 4.98 Å². The first-order chi connectivity index (χ1) is 15.7. The van der Waals surface area contributed by atoms with Crippen molar-refractivity contribution in [1.82, 2.24) is 9.97 Å². The van der Waals surface area contributed by atoms with E-state index in [2.05, 4.69) is 14.7 Å². The molecule has 4 rings (SSSR count). The maximum atomic E-state index is 12.5. The monoisotopic (exact) mass is 471 g/mol. The Bertz CT molecular complexity index is 1210. The summed E-state index contributed by atoms with van der Waals surface area (Å²) in [6.07, 6.45) is 3.72. The highest BCUT2D eigenvalue weighted by Gasteiger charge is 2.24. The lowest BCUT2D eigenvalue weighted by atomic mass is 9.99. The molecule has 0 saturated heterocycles. The van der Waals surface area contributed by atoms with Gasteiger partial charge in [0.25, 0.3) is 0 Å². The average molecular weight is 471 g/mol. The molecule has 33 heavy (non-hydrogen) atoms. The van der Waals surface area contributed by atoms with E-state index in [9.17, 15) is 13.3 Å². The summed E-state index contributed by atoms with van der Waals surface area (Å²) in [5, 5.41) is 0.819. The van der Waals surface area contributed by atoms with Crippen molar-refractivity contribution in [2.24, 2.45) is 0 Å². The molecule has 0 bridgehead atoms. The Labute approximate surface area is 191 Å². The van der Waals surface area contributed by atoms with Crippen molar-refractivity contribution in [2.45, 2.75) is 13.5 Å². The molecule has 9 heteroatoms. The molecular weight excluding hydrogens is 447 g/mol. The fourth-order valence-corrected chi connectivity index (χ4v) is 4.46. The molecule has 0 N–H and O–H groups in total. The van der Waals surface area contributed by atoms with E-state index in [1.807, 2.05) is 42.2 Å². The molecule has 1 aromatic heterocycles. The first-order valence-corrected chi connectivity index (χ1v) is 13.0. The second kappa shape index (κ2) is 9.32. The molecule has 0 aliphatic carbocycles. The number of nitrogens with zero attached hydrogens (tertiary/aromatic N) is 3. The fourth-order valence-electron chi connectivity index (χ4n) is 3.59. The molecule has 0 saturated carbocycles. The summed E-state index contributed by atoms with van der Waals surface area (Å²) < 4.78 is 47.4. The van der Waals surface area contributed by atoms with Crippen molar-refractivity contribution in [2.75, 3.05) is 31.4 Å². The van der Waals surface area contributed by atoms with Crippen molar-refractivity contribution in [1.29, 1.82) is 0 Å². The van der Waals surface area contributed by atoms with Crippen LogP contribution in [-0.4, -0.2) is 43.1 Å². The minimum absolute atomic E-state index is 0.0820. The van der Waals surface area contributed by atoms with E-state index in [0.29, 0.717) is 19.0 Å². The van der Waals surface area contributed by atoms with Crippen LogP contribution in [0.3, 0.4) is 0 Å². The zero-order chi connectivity index (χ0) is 23.6. The molecular formula is C24H24F2N3O3P. The van der Waals surface area contributed by atoms with Crippen LogP contribution < -0.4 is 19.7 Å². The number of halogens is 2. The molecule has 3 aromatic rings. The molecule has 0 spiro atoms. The standard InChI is InChI=1S/C24H24F2N3O3P/c1-4-31-24-27-14-17-13-18(16-5-11-21(12-6-16)33(2,3)30)15-29(22(17)28-24)19-7-9-20(10-8-19)32-23(25)26/h5-14,23H,4,15H2,1-3H3. The fraction of sp³-hybridized carbons (Fsp3) is 0.250. The number of ether oxygens (including phenoxy) is 2. The summed E-state index contributed by atoms with van der Waals surface area (Å²) in [5.41, 5.74) is 3.55. The summed E-state index contributed by atoms with van der Waals surface area (Å²) in [6.45, 7) is 3.38. The third-order valence-electron chi connectivity index (χ3n) is 5.19. The number of aromatic nitrogens is 2. The summed E-state index contributed by atoms with van der Waals surface area (Å²) >= 11 is 0. The highest BCUT2D eigenvalue weighted by molar-refractivity contribution is 7.70. The second-order valence-electron chi connectivity index (χ2n) is 7.89. The number of rotatable bonds is 7. The lowest BCUT2D eigenvalue weighted by Gasteiger charge is -2.30. The minimum Gasteiger partial charge on any atom is -0.464 e. The molecule has 2 aromatic carbocycles. The van der Waals surface area contributed by atoms with E-state index in [-0.39, 0.29) is 11.8 Å². The zero-order valence-corrected chi connectivity index (χ0v) is 19.4.